The Hall–Kier alpha value is -2.60. The van der Waals surface area contributed by atoms with Crippen molar-refractivity contribution in [3.8, 4) is 5.75 Å². The second-order valence-electron chi connectivity index (χ2n) is 4.88. The van der Waals surface area contributed by atoms with Crippen LogP contribution in [0.2, 0.25) is 5.02 Å². The van der Waals surface area contributed by atoms with Gasteiger partial charge in [-0.15, -0.1) is 0 Å². The predicted molar refractivity (Wildman–Crippen MR) is 86.6 cm³/mol. The molecule has 0 saturated heterocycles. The molecule has 0 bridgehead atoms. The van der Waals surface area contributed by atoms with Gasteiger partial charge in [-0.05, 0) is 30.7 Å². The maximum absolute atomic E-state index is 11.9. The van der Waals surface area contributed by atoms with Gasteiger partial charge in [-0.3, -0.25) is 14.9 Å². The predicted octanol–water partition coefficient (Wildman–Crippen LogP) is 3.50. The van der Waals surface area contributed by atoms with Crippen LogP contribution in [0, 0.1) is 10.1 Å². The van der Waals surface area contributed by atoms with Gasteiger partial charge in [-0.1, -0.05) is 29.8 Å². The fourth-order valence-corrected chi connectivity index (χ4v) is 2.08. The normalized spacial score (nSPS) is 11.6. The summed E-state index contributed by atoms with van der Waals surface area (Å²) in [5.74, 6) is -0.0487. The van der Waals surface area contributed by atoms with E-state index in [1.807, 2.05) is 19.1 Å². The van der Waals surface area contributed by atoms with E-state index in [2.05, 4.69) is 5.32 Å². The third kappa shape index (κ3) is 4.96. The molecule has 0 aliphatic carbocycles. The number of halogens is 1. The Labute approximate surface area is 138 Å². The van der Waals surface area contributed by atoms with Gasteiger partial charge >= 0.3 is 0 Å². The van der Waals surface area contributed by atoms with Crippen molar-refractivity contribution in [2.24, 2.45) is 0 Å². The van der Waals surface area contributed by atoms with E-state index >= 15 is 0 Å². The van der Waals surface area contributed by atoms with Crippen molar-refractivity contribution in [3.63, 3.8) is 0 Å². The molecule has 0 aromatic heterocycles. The number of non-ortho nitro benzene ring substituents is 1. The van der Waals surface area contributed by atoms with Crippen LogP contribution in [0.4, 0.5) is 5.69 Å². The Morgan fingerprint density at radius 2 is 2.00 bits per heavy atom. The molecule has 0 saturated carbocycles. The van der Waals surface area contributed by atoms with Crippen molar-refractivity contribution >= 4 is 23.2 Å². The summed E-state index contributed by atoms with van der Waals surface area (Å²) in [4.78, 5) is 22.1. The van der Waals surface area contributed by atoms with Crippen LogP contribution in [0.15, 0.2) is 48.5 Å². The number of carbonyl (C=O) groups is 1. The zero-order valence-corrected chi connectivity index (χ0v) is 13.1. The van der Waals surface area contributed by atoms with Gasteiger partial charge in [0.25, 0.3) is 11.6 Å². The zero-order valence-electron chi connectivity index (χ0n) is 12.4. The molecule has 1 N–H and O–H groups in total. The topological polar surface area (TPSA) is 81.5 Å². The first-order chi connectivity index (χ1) is 11.0. The highest BCUT2D eigenvalue weighted by molar-refractivity contribution is 6.30. The summed E-state index contributed by atoms with van der Waals surface area (Å²) in [5.41, 5.74) is 0.829. The third-order valence-electron chi connectivity index (χ3n) is 3.15. The lowest BCUT2D eigenvalue weighted by molar-refractivity contribution is -0.384. The highest BCUT2D eigenvalue weighted by Gasteiger charge is 2.11. The van der Waals surface area contributed by atoms with Gasteiger partial charge in [0.2, 0.25) is 0 Å². The molecule has 2 aromatic carbocycles. The van der Waals surface area contributed by atoms with Crippen LogP contribution in [0.1, 0.15) is 18.5 Å². The molecule has 0 spiro atoms. The maximum Gasteiger partial charge on any atom is 0.273 e. The number of nitrogens with one attached hydrogen (secondary N) is 1. The van der Waals surface area contributed by atoms with E-state index in [1.165, 1.54) is 18.2 Å². The minimum atomic E-state index is -0.518. The van der Waals surface area contributed by atoms with Crippen LogP contribution in [0.25, 0.3) is 0 Å². The van der Waals surface area contributed by atoms with Crippen molar-refractivity contribution in [1.29, 1.82) is 0 Å². The van der Waals surface area contributed by atoms with Gasteiger partial charge in [-0.25, -0.2) is 0 Å². The summed E-state index contributed by atoms with van der Waals surface area (Å²) >= 11 is 5.82. The lowest BCUT2D eigenvalue weighted by Gasteiger charge is -2.14. The van der Waals surface area contributed by atoms with E-state index in [1.54, 1.807) is 18.2 Å². The number of hydrogen-bond donors (Lipinski definition) is 1. The first-order valence-corrected chi connectivity index (χ1v) is 7.25. The summed E-state index contributed by atoms with van der Waals surface area (Å²) in [5, 5.41) is 14.1. The smallest absolute Gasteiger partial charge is 0.273 e. The van der Waals surface area contributed by atoms with Crippen LogP contribution >= 0.6 is 11.6 Å². The number of nitro benzene ring substituents is 1. The third-order valence-corrected chi connectivity index (χ3v) is 3.40. The van der Waals surface area contributed by atoms with Crippen LogP contribution < -0.4 is 10.1 Å². The van der Waals surface area contributed by atoms with Crippen molar-refractivity contribution in [2.75, 3.05) is 6.61 Å². The number of rotatable bonds is 6. The first kappa shape index (κ1) is 16.8. The number of nitrogens with zero attached hydrogens (tertiary/aromatic N) is 1. The standard InChI is InChI=1S/C16H15ClN2O4/c1-11(12-5-7-13(17)8-6-12)18-16(20)10-23-15-4-2-3-14(9-15)19(21)22/h2-9,11H,10H2,1H3,(H,18,20). The summed E-state index contributed by atoms with van der Waals surface area (Å²) in [7, 11) is 0. The van der Waals surface area contributed by atoms with Gasteiger partial charge in [0.15, 0.2) is 6.61 Å². The average Bonchev–Trinajstić information content (AvgIpc) is 2.53. The molecule has 1 amide bonds. The average molecular weight is 335 g/mol. The van der Waals surface area contributed by atoms with Crippen molar-refractivity contribution in [1.82, 2.24) is 5.32 Å². The van der Waals surface area contributed by atoms with Gasteiger partial charge < -0.3 is 10.1 Å². The van der Waals surface area contributed by atoms with E-state index in [0.29, 0.717) is 5.02 Å². The lowest BCUT2D eigenvalue weighted by Crippen LogP contribution is -2.31. The molecule has 23 heavy (non-hydrogen) atoms. The Bertz CT molecular complexity index is 703. The summed E-state index contributed by atoms with van der Waals surface area (Å²) < 4.78 is 5.28. The number of ether oxygens (including phenoxy) is 1. The largest absolute Gasteiger partial charge is 0.484 e. The summed E-state index contributed by atoms with van der Waals surface area (Å²) in [6.45, 7) is 1.62. The van der Waals surface area contributed by atoms with E-state index in [-0.39, 0.29) is 30.0 Å². The molecule has 2 rings (SSSR count). The number of nitro groups is 1. The molecule has 0 aliphatic rings. The molecule has 6 nitrogen and oxygen atoms in total. The summed E-state index contributed by atoms with van der Waals surface area (Å²) in [6.07, 6.45) is 0. The molecule has 1 atom stereocenters. The first-order valence-electron chi connectivity index (χ1n) is 6.88. The minimum absolute atomic E-state index is 0.0857. The van der Waals surface area contributed by atoms with E-state index in [0.717, 1.165) is 5.56 Å². The summed E-state index contributed by atoms with van der Waals surface area (Å²) in [6, 6.07) is 12.6. The van der Waals surface area contributed by atoms with Gasteiger partial charge in [0, 0.05) is 11.1 Å². The molecule has 0 radical (unpaired) electrons. The van der Waals surface area contributed by atoms with Gasteiger partial charge in [0.1, 0.15) is 5.75 Å². The fourth-order valence-electron chi connectivity index (χ4n) is 1.95. The monoisotopic (exact) mass is 334 g/mol. The van der Waals surface area contributed by atoms with E-state index in [9.17, 15) is 14.9 Å². The van der Waals surface area contributed by atoms with E-state index < -0.39 is 4.92 Å². The molecule has 0 aliphatic heterocycles. The van der Waals surface area contributed by atoms with Crippen LogP contribution in [-0.2, 0) is 4.79 Å². The van der Waals surface area contributed by atoms with Crippen molar-refractivity contribution in [3.05, 3.63) is 69.2 Å². The second-order valence-corrected chi connectivity index (χ2v) is 5.32. The molecule has 120 valence electrons. The molecule has 7 heteroatoms. The number of benzene rings is 2. The van der Waals surface area contributed by atoms with Crippen LogP contribution in [-0.4, -0.2) is 17.4 Å². The van der Waals surface area contributed by atoms with Crippen molar-refractivity contribution in [2.45, 2.75) is 13.0 Å². The van der Waals surface area contributed by atoms with Crippen molar-refractivity contribution < 1.29 is 14.5 Å². The molecular formula is C16H15ClN2O4. The quantitative estimate of drug-likeness (QED) is 0.647. The minimum Gasteiger partial charge on any atom is -0.484 e. The Morgan fingerprint density at radius 1 is 1.30 bits per heavy atom. The van der Waals surface area contributed by atoms with E-state index in [4.69, 9.17) is 16.3 Å². The Kier molecular flexibility index (Phi) is 5.54. The number of hydrogen-bond acceptors (Lipinski definition) is 4. The molecule has 2 aromatic rings. The highest BCUT2D eigenvalue weighted by Crippen LogP contribution is 2.19. The zero-order chi connectivity index (χ0) is 16.8. The Balaban J connectivity index is 1.88. The molecular weight excluding hydrogens is 320 g/mol. The SMILES string of the molecule is CC(NC(=O)COc1cccc([N+](=O)[O-])c1)c1ccc(Cl)cc1. The second kappa shape index (κ2) is 7.60. The van der Waals surface area contributed by atoms with Gasteiger partial charge in [-0.2, -0.15) is 0 Å². The molecule has 0 heterocycles. The Morgan fingerprint density at radius 3 is 2.65 bits per heavy atom. The maximum atomic E-state index is 11.9. The van der Waals surface area contributed by atoms with Gasteiger partial charge in [0.05, 0.1) is 17.0 Å². The molecule has 1 unspecified atom stereocenters. The molecule has 0 fully saturated rings. The lowest BCUT2D eigenvalue weighted by atomic mass is 10.1. The number of carbonyl (C=O) groups excluding carboxylic acids is 1. The number of amides is 1. The van der Waals surface area contributed by atoms with Crippen LogP contribution in [0.5, 0.6) is 5.75 Å². The highest BCUT2D eigenvalue weighted by atomic mass is 35.5. The van der Waals surface area contributed by atoms with Crippen LogP contribution in [0.3, 0.4) is 0 Å². The fraction of sp³-hybridized carbons (Fsp3) is 0.188.